The molecule has 1 heterocycles. The number of hydrogen-bond donors (Lipinski definition) is 0. The highest BCUT2D eigenvalue weighted by Crippen LogP contribution is 2.31. The zero-order valence-electron chi connectivity index (χ0n) is 7.84. The molecule has 1 aromatic heterocycles. The first-order valence-electron chi connectivity index (χ1n) is 4.22. The third-order valence-corrected chi connectivity index (χ3v) is 3.05. The van der Waals surface area contributed by atoms with Gasteiger partial charge in [0, 0.05) is 22.7 Å². The average molecular weight is 306 g/mol. The van der Waals surface area contributed by atoms with Gasteiger partial charge in [-0.2, -0.15) is 5.10 Å². The number of aryl methyl sites for hydroxylation is 1. The fraction of sp³-hybridized carbons (Fsp3) is 0.100. The van der Waals surface area contributed by atoms with Crippen molar-refractivity contribution in [1.29, 1.82) is 0 Å². The van der Waals surface area contributed by atoms with E-state index < -0.39 is 0 Å². The highest BCUT2D eigenvalue weighted by molar-refractivity contribution is 9.10. The smallest absolute Gasteiger partial charge is 0.0822 e. The Balaban J connectivity index is 2.63. The molecule has 15 heavy (non-hydrogen) atoms. The fourth-order valence-electron chi connectivity index (χ4n) is 1.43. The maximum absolute atomic E-state index is 5.94. The average Bonchev–Trinajstić information content (AvgIpc) is 2.44. The molecule has 0 saturated heterocycles. The lowest BCUT2D eigenvalue weighted by molar-refractivity contribution is 0.776. The van der Waals surface area contributed by atoms with Crippen molar-refractivity contribution in [3.8, 4) is 11.3 Å². The second-order valence-electron chi connectivity index (χ2n) is 3.12. The van der Waals surface area contributed by atoms with Crippen LogP contribution < -0.4 is 0 Å². The Bertz CT molecular complexity index is 468. The maximum Gasteiger partial charge on any atom is 0.0822 e. The summed E-state index contributed by atoms with van der Waals surface area (Å²) in [5.74, 6) is 0. The first-order valence-corrected chi connectivity index (χ1v) is 5.77. The summed E-state index contributed by atoms with van der Waals surface area (Å²) in [6, 6.07) is 5.42. The minimum Gasteiger partial charge on any atom is -0.267 e. The van der Waals surface area contributed by atoms with Crippen molar-refractivity contribution in [2.24, 2.45) is 7.05 Å². The predicted octanol–water partition coefficient (Wildman–Crippen LogP) is 4.16. The normalized spacial score (nSPS) is 10.7. The Kier molecular flexibility index (Phi) is 3.05. The minimum atomic E-state index is 0.616. The summed E-state index contributed by atoms with van der Waals surface area (Å²) in [7, 11) is 1.87. The lowest BCUT2D eigenvalue weighted by Crippen LogP contribution is -1.93. The molecule has 0 amide bonds. The molecule has 2 rings (SSSR count). The molecule has 5 heteroatoms. The summed E-state index contributed by atoms with van der Waals surface area (Å²) in [6.45, 7) is 0. The van der Waals surface area contributed by atoms with Crippen molar-refractivity contribution in [2.75, 3.05) is 0 Å². The van der Waals surface area contributed by atoms with Crippen molar-refractivity contribution in [1.82, 2.24) is 9.78 Å². The number of benzene rings is 1. The lowest BCUT2D eigenvalue weighted by Gasteiger charge is -2.04. The van der Waals surface area contributed by atoms with E-state index in [9.17, 15) is 0 Å². The molecule has 0 bridgehead atoms. The summed E-state index contributed by atoms with van der Waals surface area (Å²) >= 11 is 15.3. The second-order valence-corrected chi connectivity index (χ2v) is 4.85. The molecular formula is C10H7BrCl2N2. The van der Waals surface area contributed by atoms with Gasteiger partial charge in [0.25, 0.3) is 0 Å². The Hall–Kier alpha value is -0.510. The molecule has 0 spiro atoms. The quantitative estimate of drug-likeness (QED) is 0.773. The summed E-state index contributed by atoms with van der Waals surface area (Å²) in [6.07, 6.45) is 1.74. The van der Waals surface area contributed by atoms with Crippen molar-refractivity contribution in [2.45, 2.75) is 0 Å². The number of nitrogens with zero attached hydrogens (tertiary/aromatic N) is 2. The van der Waals surface area contributed by atoms with E-state index in [4.69, 9.17) is 23.2 Å². The second kappa shape index (κ2) is 4.16. The highest BCUT2D eigenvalue weighted by atomic mass is 79.9. The Morgan fingerprint density at radius 2 is 1.80 bits per heavy atom. The fourth-order valence-corrected chi connectivity index (χ4v) is 2.53. The topological polar surface area (TPSA) is 17.8 Å². The minimum absolute atomic E-state index is 0.616. The highest BCUT2D eigenvalue weighted by Gasteiger charge is 2.09. The molecule has 0 unspecified atom stereocenters. The van der Waals surface area contributed by atoms with Gasteiger partial charge in [0.2, 0.25) is 0 Å². The molecule has 0 N–H and O–H groups in total. The standard InChI is InChI=1S/C10H7BrCl2N2/c1-15-10(9(11)5-14-15)6-2-7(12)4-8(13)3-6/h2-5H,1H3. The van der Waals surface area contributed by atoms with Crippen molar-refractivity contribution < 1.29 is 0 Å². The Morgan fingerprint density at radius 1 is 1.20 bits per heavy atom. The van der Waals surface area contributed by atoms with Gasteiger partial charge in [-0.3, -0.25) is 4.68 Å². The van der Waals surface area contributed by atoms with Crippen molar-refractivity contribution in [3.63, 3.8) is 0 Å². The molecule has 0 radical (unpaired) electrons. The van der Waals surface area contributed by atoms with E-state index >= 15 is 0 Å². The monoisotopic (exact) mass is 304 g/mol. The van der Waals surface area contributed by atoms with Gasteiger partial charge in [0.15, 0.2) is 0 Å². The van der Waals surface area contributed by atoms with E-state index in [1.807, 2.05) is 19.2 Å². The lowest BCUT2D eigenvalue weighted by atomic mass is 10.1. The van der Waals surface area contributed by atoms with Crippen LogP contribution in [0, 0.1) is 0 Å². The third kappa shape index (κ3) is 2.19. The van der Waals surface area contributed by atoms with Crippen LogP contribution in [-0.2, 0) is 7.05 Å². The number of rotatable bonds is 1. The predicted molar refractivity (Wildman–Crippen MR) is 66.4 cm³/mol. The van der Waals surface area contributed by atoms with Crippen LogP contribution in [0.5, 0.6) is 0 Å². The molecule has 0 aliphatic rings. The third-order valence-electron chi connectivity index (χ3n) is 2.03. The van der Waals surface area contributed by atoms with Crippen LogP contribution in [0.1, 0.15) is 0 Å². The van der Waals surface area contributed by atoms with Gasteiger partial charge in [-0.1, -0.05) is 23.2 Å². The molecule has 1 aromatic carbocycles. The van der Waals surface area contributed by atoms with Crippen molar-refractivity contribution >= 4 is 39.1 Å². The molecule has 0 fully saturated rings. The molecule has 0 aliphatic carbocycles. The van der Waals surface area contributed by atoms with Gasteiger partial charge < -0.3 is 0 Å². The van der Waals surface area contributed by atoms with E-state index in [2.05, 4.69) is 21.0 Å². The first-order chi connectivity index (χ1) is 7.08. The van der Waals surface area contributed by atoms with Crippen LogP contribution in [0.25, 0.3) is 11.3 Å². The van der Waals surface area contributed by atoms with E-state index in [1.165, 1.54) is 0 Å². The van der Waals surface area contributed by atoms with Crippen LogP contribution in [-0.4, -0.2) is 9.78 Å². The molecule has 0 saturated carbocycles. The van der Waals surface area contributed by atoms with E-state index in [1.54, 1.807) is 16.9 Å². The number of hydrogen-bond acceptors (Lipinski definition) is 1. The Labute approximate surface area is 106 Å². The summed E-state index contributed by atoms with van der Waals surface area (Å²) in [5, 5.41) is 5.37. The zero-order valence-corrected chi connectivity index (χ0v) is 10.9. The molecule has 78 valence electrons. The molecule has 2 nitrogen and oxygen atoms in total. The molecule has 2 aromatic rings. The van der Waals surface area contributed by atoms with Crippen LogP contribution >= 0.6 is 39.1 Å². The van der Waals surface area contributed by atoms with E-state index in [0.29, 0.717) is 10.0 Å². The van der Waals surface area contributed by atoms with Gasteiger partial charge in [-0.15, -0.1) is 0 Å². The Morgan fingerprint density at radius 3 is 2.27 bits per heavy atom. The maximum atomic E-state index is 5.94. The summed E-state index contributed by atoms with van der Waals surface area (Å²) < 4.78 is 2.69. The van der Waals surface area contributed by atoms with Gasteiger partial charge >= 0.3 is 0 Å². The van der Waals surface area contributed by atoms with E-state index in [-0.39, 0.29) is 0 Å². The summed E-state index contributed by atoms with van der Waals surface area (Å²) in [4.78, 5) is 0. The van der Waals surface area contributed by atoms with Gasteiger partial charge in [-0.05, 0) is 34.1 Å². The van der Waals surface area contributed by atoms with Crippen LogP contribution in [0.3, 0.4) is 0 Å². The first kappa shape index (κ1) is 11.0. The number of aromatic nitrogens is 2. The number of halogens is 3. The zero-order chi connectivity index (χ0) is 11.0. The van der Waals surface area contributed by atoms with Crippen LogP contribution in [0.2, 0.25) is 10.0 Å². The van der Waals surface area contributed by atoms with Gasteiger partial charge in [0.05, 0.1) is 16.4 Å². The molecule has 0 aliphatic heterocycles. The molecule has 0 atom stereocenters. The van der Waals surface area contributed by atoms with Gasteiger partial charge in [-0.25, -0.2) is 0 Å². The van der Waals surface area contributed by atoms with Crippen molar-refractivity contribution in [3.05, 3.63) is 38.9 Å². The molecular weight excluding hydrogens is 299 g/mol. The van der Waals surface area contributed by atoms with E-state index in [0.717, 1.165) is 15.7 Å². The largest absolute Gasteiger partial charge is 0.267 e. The SMILES string of the molecule is Cn1ncc(Br)c1-c1cc(Cl)cc(Cl)c1. The van der Waals surface area contributed by atoms with Gasteiger partial charge in [0.1, 0.15) is 0 Å². The van der Waals surface area contributed by atoms with Crippen LogP contribution in [0.4, 0.5) is 0 Å². The van der Waals surface area contributed by atoms with Crippen LogP contribution in [0.15, 0.2) is 28.9 Å². The summed E-state index contributed by atoms with van der Waals surface area (Å²) in [5.41, 5.74) is 1.90.